The highest BCUT2D eigenvalue weighted by atomic mass is 32.2. The molecule has 1 saturated heterocycles. The number of carbonyl (C=O) groups excluding carboxylic acids is 1. The predicted octanol–water partition coefficient (Wildman–Crippen LogP) is 1.66. The van der Waals surface area contributed by atoms with Crippen molar-refractivity contribution >= 4 is 37.5 Å². The second-order valence-electron chi connectivity index (χ2n) is 7.49. The summed E-state index contributed by atoms with van der Waals surface area (Å²) < 4.78 is 57.7. The first-order valence-electron chi connectivity index (χ1n) is 9.86. The van der Waals surface area contributed by atoms with Crippen molar-refractivity contribution in [1.82, 2.24) is 4.31 Å². The van der Waals surface area contributed by atoms with Gasteiger partial charge in [0.2, 0.25) is 5.91 Å². The van der Waals surface area contributed by atoms with E-state index < -0.39 is 26.2 Å². The molecule has 0 unspecified atom stereocenters. The summed E-state index contributed by atoms with van der Waals surface area (Å²) >= 11 is 0. The summed E-state index contributed by atoms with van der Waals surface area (Å²) in [7, 11) is -6.28. The van der Waals surface area contributed by atoms with Crippen LogP contribution in [0.15, 0.2) is 47.4 Å². The maximum absolute atomic E-state index is 13.0. The lowest BCUT2D eigenvalue weighted by Crippen LogP contribution is -2.44. The number of nitrogens with two attached hydrogens (primary N) is 1. The Morgan fingerprint density at radius 1 is 1.09 bits per heavy atom. The Kier molecular flexibility index (Phi) is 7.08. The molecule has 0 saturated carbocycles. The number of para-hydroxylation sites is 2. The molecule has 4 N–H and O–H groups in total. The molecule has 174 valence electrons. The summed E-state index contributed by atoms with van der Waals surface area (Å²) in [5.41, 5.74) is 1.13. The van der Waals surface area contributed by atoms with Crippen molar-refractivity contribution in [1.29, 1.82) is 0 Å². The number of amides is 1. The highest BCUT2D eigenvalue weighted by Gasteiger charge is 2.29. The number of aryl methyl sites for hydroxylation is 1. The van der Waals surface area contributed by atoms with E-state index in [9.17, 15) is 21.6 Å². The number of anilines is 2. The van der Waals surface area contributed by atoms with Crippen LogP contribution in [-0.4, -0.2) is 47.2 Å². The Bertz CT molecular complexity index is 1210. The minimum absolute atomic E-state index is 0.0188. The molecule has 1 amide bonds. The average molecular weight is 483 g/mol. The normalized spacial score (nSPS) is 15.8. The average Bonchev–Trinajstić information content (AvgIpc) is 2.74. The number of rotatable bonds is 7. The number of methoxy groups -OCH3 is 1. The van der Waals surface area contributed by atoms with Crippen LogP contribution in [0.4, 0.5) is 11.4 Å². The molecule has 0 spiro atoms. The third-order valence-corrected chi connectivity index (χ3v) is 7.87. The lowest BCUT2D eigenvalue weighted by molar-refractivity contribution is -0.120. The maximum atomic E-state index is 13.0. The molecule has 1 fully saturated rings. The minimum atomic E-state index is -3.95. The summed E-state index contributed by atoms with van der Waals surface area (Å²) in [6, 6.07) is 11.3. The molecule has 32 heavy (non-hydrogen) atoms. The summed E-state index contributed by atoms with van der Waals surface area (Å²) in [5, 5.41) is 7.86. The number of piperidine rings is 1. The molecule has 1 aliphatic rings. The predicted molar refractivity (Wildman–Crippen MR) is 121 cm³/mol. The van der Waals surface area contributed by atoms with Crippen molar-refractivity contribution in [3.8, 4) is 5.75 Å². The van der Waals surface area contributed by atoms with Crippen LogP contribution in [0.1, 0.15) is 18.4 Å². The van der Waals surface area contributed by atoms with E-state index in [0.29, 0.717) is 35.5 Å². The summed E-state index contributed by atoms with van der Waals surface area (Å²) in [4.78, 5) is 12.7. The Morgan fingerprint density at radius 3 is 2.38 bits per heavy atom. The van der Waals surface area contributed by atoms with Gasteiger partial charge in [-0.05, 0) is 49.6 Å². The van der Waals surface area contributed by atoms with Gasteiger partial charge in [-0.25, -0.2) is 13.6 Å². The van der Waals surface area contributed by atoms with Crippen LogP contribution in [0, 0.1) is 12.8 Å². The molecule has 0 aromatic heterocycles. The van der Waals surface area contributed by atoms with Gasteiger partial charge in [-0.3, -0.25) is 9.52 Å². The molecule has 0 atom stereocenters. The molecule has 10 nitrogen and oxygen atoms in total. The molecule has 1 heterocycles. The van der Waals surface area contributed by atoms with Gasteiger partial charge in [-0.1, -0.05) is 18.2 Å². The van der Waals surface area contributed by atoms with Crippen LogP contribution in [0.25, 0.3) is 0 Å². The van der Waals surface area contributed by atoms with Crippen LogP contribution >= 0.6 is 0 Å². The van der Waals surface area contributed by atoms with E-state index in [1.807, 2.05) is 0 Å². The van der Waals surface area contributed by atoms with Crippen molar-refractivity contribution in [3.63, 3.8) is 0 Å². The molecule has 0 aliphatic carbocycles. The topological polar surface area (TPSA) is 148 Å². The second kappa shape index (κ2) is 9.45. The van der Waals surface area contributed by atoms with Crippen LogP contribution in [0.3, 0.4) is 0 Å². The number of nitrogens with zero attached hydrogens (tertiary/aromatic N) is 1. The molecular formula is C20H26N4O6S2. The number of hydrogen-bond acceptors (Lipinski definition) is 6. The number of nitrogens with one attached hydrogen (secondary N) is 2. The number of benzene rings is 2. The highest BCUT2D eigenvalue weighted by Crippen LogP contribution is 2.29. The number of carbonyl (C=O) groups is 1. The molecule has 3 rings (SSSR count). The molecule has 0 bridgehead atoms. The van der Waals surface area contributed by atoms with Crippen molar-refractivity contribution in [3.05, 3.63) is 48.0 Å². The van der Waals surface area contributed by atoms with E-state index in [0.717, 1.165) is 4.31 Å². The Labute approximate surface area is 188 Å². The lowest BCUT2D eigenvalue weighted by atomic mass is 9.97. The first-order valence-corrected chi connectivity index (χ1v) is 12.8. The summed E-state index contributed by atoms with van der Waals surface area (Å²) in [6.45, 7) is 1.98. The summed E-state index contributed by atoms with van der Waals surface area (Å²) in [5.74, 6) is -0.325. The molecule has 2 aromatic carbocycles. The van der Waals surface area contributed by atoms with Gasteiger partial charge in [0.1, 0.15) is 5.75 Å². The number of hydrogen-bond donors (Lipinski definition) is 3. The molecule has 0 radical (unpaired) electrons. The molecule has 1 aliphatic heterocycles. The fourth-order valence-corrected chi connectivity index (χ4v) is 5.57. The van der Waals surface area contributed by atoms with Gasteiger partial charge in [0, 0.05) is 24.7 Å². The zero-order valence-corrected chi connectivity index (χ0v) is 19.4. The largest absolute Gasteiger partial charge is 0.495 e. The third-order valence-electron chi connectivity index (χ3n) is 5.28. The van der Waals surface area contributed by atoms with Crippen LogP contribution in [-0.2, 0) is 25.0 Å². The summed E-state index contributed by atoms with van der Waals surface area (Å²) in [6.07, 6.45) is 0.656. The Morgan fingerprint density at radius 2 is 1.75 bits per heavy atom. The first-order chi connectivity index (χ1) is 15.0. The fraction of sp³-hybridized carbons (Fsp3) is 0.350. The van der Waals surface area contributed by atoms with Gasteiger partial charge in [0.05, 0.1) is 17.7 Å². The zero-order valence-electron chi connectivity index (χ0n) is 17.7. The van der Waals surface area contributed by atoms with Gasteiger partial charge in [0.25, 0.3) is 20.2 Å². The SMILES string of the molecule is COc1ccccc1NS(=O)(=O)c1cc(NC(=O)C2CCN(S(N)(=O)=O)CC2)ccc1C. The highest BCUT2D eigenvalue weighted by molar-refractivity contribution is 7.92. The molecule has 2 aromatic rings. The van der Waals surface area contributed by atoms with E-state index in [4.69, 9.17) is 9.88 Å². The minimum Gasteiger partial charge on any atom is -0.495 e. The van der Waals surface area contributed by atoms with E-state index in [1.54, 1.807) is 43.3 Å². The molecule has 12 heteroatoms. The van der Waals surface area contributed by atoms with Gasteiger partial charge in [0.15, 0.2) is 0 Å². The standard InChI is InChI=1S/C20H26N4O6S2/c1-14-7-8-16(22-20(25)15-9-11-24(12-10-15)32(21,28)29)13-19(14)31(26,27)23-17-5-3-4-6-18(17)30-2/h3-8,13,15,23H,9-12H2,1-2H3,(H,22,25)(H2,21,28,29). The van der Waals surface area contributed by atoms with E-state index in [2.05, 4.69) is 10.0 Å². The van der Waals surface area contributed by atoms with Gasteiger partial charge in [-0.15, -0.1) is 0 Å². The van der Waals surface area contributed by atoms with Crippen molar-refractivity contribution in [2.75, 3.05) is 30.2 Å². The van der Waals surface area contributed by atoms with Crippen LogP contribution in [0.2, 0.25) is 0 Å². The van der Waals surface area contributed by atoms with Gasteiger partial charge >= 0.3 is 0 Å². The van der Waals surface area contributed by atoms with Gasteiger partial charge in [-0.2, -0.15) is 12.7 Å². The van der Waals surface area contributed by atoms with Crippen molar-refractivity contribution < 1.29 is 26.4 Å². The molecular weight excluding hydrogens is 456 g/mol. The van der Waals surface area contributed by atoms with Crippen molar-refractivity contribution in [2.45, 2.75) is 24.7 Å². The fourth-order valence-electron chi connectivity index (χ4n) is 3.51. The second-order valence-corrected chi connectivity index (χ2v) is 10.7. The Balaban J connectivity index is 1.75. The van der Waals surface area contributed by atoms with Crippen LogP contribution < -0.4 is 19.9 Å². The van der Waals surface area contributed by atoms with Crippen LogP contribution in [0.5, 0.6) is 5.75 Å². The number of sulfonamides is 1. The third kappa shape index (κ3) is 5.57. The maximum Gasteiger partial charge on any atom is 0.276 e. The quantitative estimate of drug-likeness (QED) is 0.547. The smallest absolute Gasteiger partial charge is 0.276 e. The van der Waals surface area contributed by atoms with Crippen molar-refractivity contribution in [2.24, 2.45) is 11.1 Å². The number of ether oxygens (including phenoxy) is 1. The Hall–Kier alpha value is -2.67. The monoisotopic (exact) mass is 482 g/mol. The first kappa shape index (κ1) is 24.0. The lowest BCUT2D eigenvalue weighted by Gasteiger charge is -2.29. The van der Waals surface area contributed by atoms with E-state index in [-0.39, 0.29) is 23.9 Å². The zero-order chi connectivity index (χ0) is 23.5. The van der Waals surface area contributed by atoms with E-state index >= 15 is 0 Å². The van der Waals surface area contributed by atoms with Gasteiger partial charge < -0.3 is 10.1 Å². The van der Waals surface area contributed by atoms with E-state index in [1.165, 1.54) is 13.2 Å².